The van der Waals surface area contributed by atoms with Crippen LogP contribution in [0.25, 0.3) is 0 Å². The molecule has 11 heavy (non-hydrogen) atoms. The van der Waals surface area contributed by atoms with Gasteiger partial charge in [-0.3, -0.25) is 0 Å². The average molecular weight is 156 g/mol. The van der Waals surface area contributed by atoms with Gasteiger partial charge in [0.15, 0.2) is 0 Å². The van der Waals surface area contributed by atoms with Crippen molar-refractivity contribution in [1.29, 1.82) is 0 Å². The molecule has 0 fully saturated rings. The third-order valence-corrected chi connectivity index (χ3v) is 1.28. The maximum Gasteiger partial charge on any atom is 0.379 e. The van der Waals surface area contributed by atoms with Gasteiger partial charge in [-0.2, -0.15) is 0 Å². The third kappa shape index (κ3) is 1.17. The lowest BCUT2D eigenvalue weighted by molar-refractivity contribution is 0.0556. The van der Waals surface area contributed by atoms with Crippen LogP contribution < -0.4 is 5.73 Å². The first kappa shape index (κ1) is 7.59. The molecule has 0 radical (unpaired) electrons. The van der Waals surface area contributed by atoms with Gasteiger partial charge in [-0.25, -0.2) is 4.79 Å². The Kier molecular flexibility index (Phi) is 1.80. The fourth-order valence-electron chi connectivity index (χ4n) is 0.617. The number of aryl methyl sites for hydroxylation is 1. The van der Waals surface area contributed by atoms with Gasteiger partial charge in [0.1, 0.15) is 11.4 Å². The van der Waals surface area contributed by atoms with Gasteiger partial charge in [-0.05, 0) is 6.92 Å². The van der Waals surface area contributed by atoms with Crippen molar-refractivity contribution in [2.45, 2.75) is 6.92 Å². The molecule has 0 atom stereocenters. The third-order valence-electron chi connectivity index (χ3n) is 1.28. The van der Waals surface area contributed by atoms with Gasteiger partial charge >= 0.3 is 5.97 Å². The first-order valence-electron chi connectivity index (χ1n) is 2.97. The maximum atomic E-state index is 10.8. The molecule has 5 heteroatoms. The fraction of sp³-hybridized carbons (Fsp3) is 0.333. The Balaban J connectivity index is 3.04. The van der Waals surface area contributed by atoms with Crippen molar-refractivity contribution < 1.29 is 14.1 Å². The molecule has 1 aromatic heterocycles. The number of nitrogen functional groups attached to an aromatic ring is 1. The number of anilines is 1. The quantitative estimate of drug-likeness (QED) is 0.593. The van der Waals surface area contributed by atoms with Crippen LogP contribution >= 0.6 is 0 Å². The Morgan fingerprint density at radius 2 is 2.36 bits per heavy atom. The smallest absolute Gasteiger partial charge is 0.379 e. The predicted molar refractivity (Wildman–Crippen MR) is 37.0 cm³/mol. The van der Waals surface area contributed by atoms with E-state index in [-0.39, 0.29) is 11.4 Å². The monoisotopic (exact) mass is 156 g/mol. The largest absolute Gasteiger partial charge is 0.463 e. The standard InChI is InChI=1S/C6H8N2O3/c1-3-4(7)5(11-8-3)6(9)10-2/h7H2,1-2H3. The highest BCUT2D eigenvalue weighted by atomic mass is 16.5. The van der Waals surface area contributed by atoms with Crippen molar-refractivity contribution in [3.63, 3.8) is 0 Å². The van der Waals surface area contributed by atoms with Crippen molar-refractivity contribution in [3.8, 4) is 0 Å². The lowest BCUT2D eigenvalue weighted by Gasteiger charge is -1.92. The predicted octanol–water partition coefficient (Wildman–Crippen LogP) is 0.352. The van der Waals surface area contributed by atoms with Gasteiger partial charge in [0.05, 0.1) is 7.11 Å². The van der Waals surface area contributed by atoms with Gasteiger partial charge in [-0.1, -0.05) is 5.16 Å². The molecule has 0 saturated heterocycles. The van der Waals surface area contributed by atoms with Crippen molar-refractivity contribution in [2.75, 3.05) is 12.8 Å². The van der Waals surface area contributed by atoms with Crippen molar-refractivity contribution in [2.24, 2.45) is 0 Å². The molecule has 1 rings (SSSR count). The number of methoxy groups -OCH3 is 1. The number of rotatable bonds is 1. The van der Waals surface area contributed by atoms with E-state index in [2.05, 4.69) is 14.4 Å². The van der Waals surface area contributed by atoms with E-state index in [9.17, 15) is 4.79 Å². The van der Waals surface area contributed by atoms with Gasteiger partial charge < -0.3 is 15.0 Å². The minimum atomic E-state index is -0.608. The second kappa shape index (κ2) is 2.61. The zero-order valence-electron chi connectivity index (χ0n) is 6.25. The summed E-state index contributed by atoms with van der Waals surface area (Å²) in [5.41, 5.74) is 6.15. The van der Waals surface area contributed by atoms with Crippen LogP contribution in [0.5, 0.6) is 0 Å². The average Bonchev–Trinajstić information content (AvgIpc) is 2.32. The normalized spacial score (nSPS) is 9.64. The van der Waals surface area contributed by atoms with Crippen LogP contribution in [0.4, 0.5) is 5.69 Å². The Bertz CT molecular complexity index is 279. The number of nitrogens with zero attached hydrogens (tertiary/aromatic N) is 1. The minimum absolute atomic E-state index is 0.0370. The van der Waals surface area contributed by atoms with E-state index in [1.54, 1.807) is 6.92 Å². The first-order chi connectivity index (χ1) is 5.16. The second-order valence-corrected chi connectivity index (χ2v) is 2.00. The van der Waals surface area contributed by atoms with E-state index in [1.807, 2.05) is 0 Å². The van der Waals surface area contributed by atoms with Crippen LogP contribution in [-0.2, 0) is 4.74 Å². The highest BCUT2D eigenvalue weighted by Crippen LogP contribution is 2.15. The SMILES string of the molecule is COC(=O)c1onc(C)c1N. The lowest BCUT2D eigenvalue weighted by Crippen LogP contribution is -2.02. The summed E-state index contributed by atoms with van der Waals surface area (Å²) in [7, 11) is 1.25. The van der Waals surface area contributed by atoms with Crippen LogP contribution in [-0.4, -0.2) is 18.2 Å². The molecule has 0 saturated carbocycles. The number of hydrogen-bond donors (Lipinski definition) is 1. The van der Waals surface area contributed by atoms with E-state index in [0.717, 1.165) is 0 Å². The van der Waals surface area contributed by atoms with Crippen LogP contribution in [0.2, 0.25) is 0 Å². The Labute approximate surface area is 63.1 Å². The number of carbonyl (C=O) groups excluding carboxylic acids is 1. The zero-order chi connectivity index (χ0) is 8.43. The molecule has 5 nitrogen and oxygen atoms in total. The molecule has 0 aliphatic carbocycles. The summed E-state index contributed by atoms with van der Waals surface area (Å²) in [6.07, 6.45) is 0. The van der Waals surface area contributed by atoms with Gasteiger partial charge in [-0.15, -0.1) is 0 Å². The number of carbonyl (C=O) groups is 1. The molecule has 0 aliphatic heterocycles. The second-order valence-electron chi connectivity index (χ2n) is 2.00. The number of esters is 1. The van der Waals surface area contributed by atoms with Gasteiger partial charge in [0, 0.05) is 0 Å². The van der Waals surface area contributed by atoms with Gasteiger partial charge in [0.25, 0.3) is 5.76 Å². The summed E-state index contributed by atoms with van der Waals surface area (Å²) in [4.78, 5) is 10.8. The molecule has 1 aromatic rings. The van der Waals surface area contributed by atoms with Gasteiger partial charge in [0.2, 0.25) is 0 Å². The molecular formula is C6H8N2O3. The number of nitrogens with two attached hydrogens (primary N) is 1. The topological polar surface area (TPSA) is 78.3 Å². The van der Waals surface area contributed by atoms with E-state index < -0.39 is 5.97 Å². The first-order valence-corrected chi connectivity index (χ1v) is 2.97. The Morgan fingerprint density at radius 1 is 1.73 bits per heavy atom. The summed E-state index contributed by atoms with van der Waals surface area (Å²) in [6.45, 7) is 1.64. The summed E-state index contributed by atoms with van der Waals surface area (Å²) < 4.78 is 8.98. The van der Waals surface area contributed by atoms with Crippen LogP contribution in [0.3, 0.4) is 0 Å². The Morgan fingerprint density at radius 3 is 2.73 bits per heavy atom. The molecule has 0 aliphatic rings. The number of aromatic nitrogens is 1. The fourth-order valence-corrected chi connectivity index (χ4v) is 0.617. The van der Waals surface area contributed by atoms with Crippen molar-refractivity contribution in [1.82, 2.24) is 5.16 Å². The highest BCUT2D eigenvalue weighted by Gasteiger charge is 2.17. The molecule has 1 heterocycles. The highest BCUT2D eigenvalue weighted by molar-refractivity contribution is 5.92. The van der Waals surface area contributed by atoms with Crippen LogP contribution in [0, 0.1) is 6.92 Å². The van der Waals surface area contributed by atoms with Crippen molar-refractivity contribution >= 4 is 11.7 Å². The minimum Gasteiger partial charge on any atom is -0.463 e. The number of hydrogen-bond acceptors (Lipinski definition) is 5. The molecule has 0 unspecified atom stereocenters. The maximum absolute atomic E-state index is 10.8. The van der Waals surface area contributed by atoms with E-state index in [1.165, 1.54) is 7.11 Å². The molecule has 2 N–H and O–H groups in total. The molecule has 0 amide bonds. The van der Waals surface area contributed by atoms with E-state index in [4.69, 9.17) is 5.73 Å². The molecular weight excluding hydrogens is 148 g/mol. The summed E-state index contributed by atoms with van der Waals surface area (Å²) in [5, 5.41) is 3.48. The number of ether oxygens (including phenoxy) is 1. The van der Waals surface area contributed by atoms with Crippen LogP contribution in [0.15, 0.2) is 4.52 Å². The van der Waals surface area contributed by atoms with E-state index >= 15 is 0 Å². The summed E-state index contributed by atoms with van der Waals surface area (Å²) in [5.74, 6) is -0.645. The summed E-state index contributed by atoms with van der Waals surface area (Å²) >= 11 is 0. The van der Waals surface area contributed by atoms with Crippen molar-refractivity contribution in [3.05, 3.63) is 11.5 Å². The molecule has 60 valence electrons. The summed E-state index contributed by atoms with van der Waals surface area (Å²) in [6, 6.07) is 0. The lowest BCUT2D eigenvalue weighted by atomic mass is 10.3. The molecule has 0 aromatic carbocycles. The molecule has 0 spiro atoms. The van der Waals surface area contributed by atoms with E-state index in [0.29, 0.717) is 5.69 Å². The van der Waals surface area contributed by atoms with Crippen LogP contribution in [0.1, 0.15) is 16.2 Å². The zero-order valence-corrected chi connectivity index (χ0v) is 6.25. The Hall–Kier alpha value is -1.52. The molecule has 0 bridgehead atoms.